The molecule has 0 bridgehead atoms. The van der Waals surface area contributed by atoms with Gasteiger partial charge in [0.1, 0.15) is 0 Å². The highest BCUT2D eigenvalue weighted by molar-refractivity contribution is 9.10. The van der Waals surface area contributed by atoms with Crippen LogP contribution in [-0.4, -0.2) is 5.78 Å². The normalized spacial score (nSPS) is 10.7. The highest BCUT2D eigenvalue weighted by Gasteiger charge is 2.20. The van der Waals surface area contributed by atoms with Crippen molar-refractivity contribution in [3.05, 3.63) is 62.1 Å². The maximum Gasteiger partial charge on any atom is 0.194 e. The molecule has 0 atom stereocenters. The zero-order valence-electron chi connectivity index (χ0n) is 12.2. The van der Waals surface area contributed by atoms with Crippen molar-refractivity contribution in [2.24, 2.45) is 0 Å². The standard InChI is InChI=1S/C17H18BrNO/c1-9-8-10(2)12(4)15(11(9)3)17(20)13-6-5-7-14(19)16(13)18/h5-8H,19H2,1-4H3. The van der Waals surface area contributed by atoms with Gasteiger partial charge in [0.25, 0.3) is 0 Å². The molecule has 0 radical (unpaired) electrons. The minimum absolute atomic E-state index is 0.0194. The first-order chi connectivity index (χ1) is 9.34. The summed E-state index contributed by atoms with van der Waals surface area (Å²) >= 11 is 3.42. The quantitative estimate of drug-likeness (QED) is 0.650. The van der Waals surface area contributed by atoms with Gasteiger partial charge in [-0.25, -0.2) is 0 Å². The van der Waals surface area contributed by atoms with E-state index in [2.05, 4.69) is 22.0 Å². The lowest BCUT2D eigenvalue weighted by Gasteiger charge is -2.15. The topological polar surface area (TPSA) is 43.1 Å². The van der Waals surface area contributed by atoms with Crippen molar-refractivity contribution in [2.75, 3.05) is 5.73 Å². The fraction of sp³-hybridized carbons (Fsp3) is 0.235. The van der Waals surface area contributed by atoms with Crippen LogP contribution in [0.1, 0.15) is 38.2 Å². The minimum Gasteiger partial charge on any atom is -0.398 e. The maximum atomic E-state index is 12.9. The smallest absolute Gasteiger partial charge is 0.194 e. The molecule has 2 nitrogen and oxygen atoms in total. The first-order valence-corrected chi connectivity index (χ1v) is 7.30. The summed E-state index contributed by atoms with van der Waals surface area (Å²) in [5.41, 5.74) is 12.2. The molecule has 0 spiro atoms. The van der Waals surface area contributed by atoms with Gasteiger partial charge in [-0.05, 0) is 78.0 Å². The van der Waals surface area contributed by atoms with Gasteiger partial charge < -0.3 is 5.73 Å². The summed E-state index contributed by atoms with van der Waals surface area (Å²) in [4.78, 5) is 12.9. The summed E-state index contributed by atoms with van der Waals surface area (Å²) < 4.78 is 0.669. The summed E-state index contributed by atoms with van der Waals surface area (Å²) in [5.74, 6) is 0.0194. The van der Waals surface area contributed by atoms with E-state index < -0.39 is 0 Å². The van der Waals surface area contributed by atoms with E-state index in [4.69, 9.17) is 5.73 Å². The van der Waals surface area contributed by atoms with Gasteiger partial charge in [-0.2, -0.15) is 0 Å². The first kappa shape index (κ1) is 14.8. The van der Waals surface area contributed by atoms with Gasteiger partial charge in [-0.3, -0.25) is 4.79 Å². The van der Waals surface area contributed by atoms with Gasteiger partial charge in [0.15, 0.2) is 5.78 Å². The monoisotopic (exact) mass is 331 g/mol. The molecule has 2 aromatic carbocycles. The highest BCUT2D eigenvalue weighted by atomic mass is 79.9. The van der Waals surface area contributed by atoms with Crippen LogP contribution in [0, 0.1) is 27.7 Å². The number of carbonyl (C=O) groups is 1. The van der Waals surface area contributed by atoms with Gasteiger partial charge >= 0.3 is 0 Å². The third-order valence-electron chi connectivity index (χ3n) is 3.87. The van der Waals surface area contributed by atoms with Gasteiger partial charge in [0, 0.05) is 16.8 Å². The lowest BCUT2D eigenvalue weighted by Crippen LogP contribution is -2.10. The SMILES string of the molecule is Cc1cc(C)c(C)c(C(=O)c2cccc(N)c2Br)c1C. The van der Waals surface area contributed by atoms with Crippen molar-refractivity contribution in [3.8, 4) is 0 Å². The second kappa shape index (κ2) is 5.41. The van der Waals surface area contributed by atoms with Crippen molar-refractivity contribution in [1.29, 1.82) is 0 Å². The Kier molecular flexibility index (Phi) is 4.00. The van der Waals surface area contributed by atoms with E-state index in [0.29, 0.717) is 15.7 Å². The van der Waals surface area contributed by atoms with E-state index in [-0.39, 0.29) is 5.78 Å². The summed E-state index contributed by atoms with van der Waals surface area (Å²) in [6.45, 7) is 8.06. The van der Waals surface area contributed by atoms with Gasteiger partial charge in [0.2, 0.25) is 0 Å². The number of nitrogen functional groups attached to an aromatic ring is 1. The van der Waals surface area contributed by atoms with Crippen LogP contribution in [0.3, 0.4) is 0 Å². The third-order valence-corrected chi connectivity index (χ3v) is 4.75. The summed E-state index contributed by atoms with van der Waals surface area (Å²) in [6.07, 6.45) is 0. The van der Waals surface area contributed by atoms with E-state index in [9.17, 15) is 4.79 Å². The van der Waals surface area contributed by atoms with Crippen molar-refractivity contribution >= 4 is 27.4 Å². The zero-order valence-corrected chi connectivity index (χ0v) is 13.8. The lowest BCUT2D eigenvalue weighted by molar-refractivity contribution is 0.103. The average molecular weight is 332 g/mol. The maximum absolute atomic E-state index is 12.9. The second-order valence-electron chi connectivity index (χ2n) is 5.17. The number of hydrogen-bond acceptors (Lipinski definition) is 2. The van der Waals surface area contributed by atoms with Gasteiger partial charge in [0.05, 0.1) is 4.47 Å². The minimum atomic E-state index is 0.0194. The predicted octanol–water partition coefficient (Wildman–Crippen LogP) is 4.50. The number of rotatable bonds is 2. The van der Waals surface area contributed by atoms with E-state index in [1.807, 2.05) is 27.7 Å². The fourth-order valence-electron chi connectivity index (χ4n) is 2.42. The molecule has 0 aliphatic heterocycles. The Hall–Kier alpha value is -1.61. The van der Waals surface area contributed by atoms with Gasteiger partial charge in [-0.15, -0.1) is 0 Å². The van der Waals surface area contributed by atoms with Crippen LogP contribution in [0.4, 0.5) is 5.69 Å². The number of halogens is 1. The number of aryl methyl sites for hydroxylation is 2. The van der Waals surface area contributed by atoms with Crippen LogP contribution in [0.25, 0.3) is 0 Å². The number of nitrogens with two attached hydrogens (primary N) is 1. The van der Waals surface area contributed by atoms with E-state index in [0.717, 1.165) is 27.8 Å². The molecule has 0 aliphatic carbocycles. The molecule has 0 aliphatic rings. The van der Waals surface area contributed by atoms with Crippen molar-refractivity contribution < 1.29 is 4.79 Å². The van der Waals surface area contributed by atoms with Crippen LogP contribution in [0.15, 0.2) is 28.7 Å². The number of hydrogen-bond donors (Lipinski definition) is 1. The average Bonchev–Trinajstić information content (AvgIpc) is 2.40. The Labute approximate surface area is 128 Å². The molecule has 0 amide bonds. The number of benzene rings is 2. The molecule has 0 saturated heterocycles. The first-order valence-electron chi connectivity index (χ1n) is 6.50. The summed E-state index contributed by atoms with van der Waals surface area (Å²) in [6, 6.07) is 7.51. The largest absolute Gasteiger partial charge is 0.398 e. The number of anilines is 1. The highest BCUT2D eigenvalue weighted by Crippen LogP contribution is 2.29. The molecule has 0 unspecified atom stereocenters. The second-order valence-corrected chi connectivity index (χ2v) is 5.97. The number of carbonyl (C=O) groups excluding carboxylic acids is 1. The van der Waals surface area contributed by atoms with Crippen molar-refractivity contribution in [2.45, 2.75) is 27.7 Å². The van der Waals surface area contributed by atoms with E-state index >= 15 is 0 Å². The zero-order chi connectivity index (χ0) is 15.0. The van der Waals surface area contributed by atoms with Crippen LogP contribution in [0.2, 0.25) is 0 Å². The molecule has 0 aromatic heterocycles. The molecule has 0 fully saturated rings. The Balaban J connectivity index is 2.69. The third kappa shape index (κ3) is 2.38. The Morgan fingerprint density at radius 1 is 1.05 bits per heavy atom. The lowest BCUT2D eigenvalue weighted by atomic mass is 9.89. The Morgan fingerprint density at radius 2 is 1.60 bits per heavy atom. The van der Waals surface area contributed by atoms with Crippen LogP contribution >= 0.6 is 15.9 Å². The van der Waals surface area contributed by atoms with Crippen LogP contribution in [0.5, 0.6) is 0 Å². The van der Waals surface area contributed by atoms with Gasteiger partial charge in [-0.1, -0.05) is 12.1 Å². The molecular weight excluding hydrogens is 314 g/mol. The van der Waals surface area contributed by atoms with E-state index in [1.165, 1.54) is 0 Å². The van der Waals surface area contributed by atoms with E-state index in [1.54, 1.807) is 18.2 Å². The Morgan fingerprint density at radius 3 is 2.15 bits per heavy atom. The molecule has 0 saturated carbocycles. The Bertz CT molecular complexity index is 678. The summed E-state index contributed by atoms with van der Waals surface area (Å²) in [5, 5.41) is 0. The molecule has 2 N–H and O–H groups in total. The molecule has 0 heterocycles. The molecule has 2 rings (SSSR count). The van der Waals surface area contributed by atoms with Crippen molar-refractivity contribution in [1.82, 2.24) is 0 Å². The summed E-state index contributed by atoms with van der Waals surface area (Å²) in [7, 11) is 0. The fourth-order valence-corrected chi connectivity index (χ4v) is 2.86. The van der Waals surface area contributed by atoms with Crippen LogP contribution < -0.4 is 5.73 Å². The van der Waals surface area contributed by atoms with Crippen LogP contribution in [-0.2, 0) is 0 Å². The van der Waals surface area contributed by atoms with Crippen molar-refractivity contribution in [3.63, 3.8) is 0 Å². The predicted molar refractivity (Wildman–Crippen MR) is 87.4 cm³/mol. The molecule has 20 heavy (non-hydrogen) atoms. The molecular formula is C17H18BrNO. The molecule has 3 heteroatoms. The molecule has 2 aromatic rings. The number of ketones is 1. The molecule has 104 valence electrons.